The average Bonchev–Trinajstić information content (AvgIpc) is 3.65. The fraction of sp³-hybridized carbons (Fsp3) is 0.333. The van der Waals surface area contributed by atoms with Crippen LogP contribution in [0.1, 0.15) is 104 Å². The van der Waals surface area contributed by atoms with E-state index in [2.05, 4.69) is 178 Å². The van der Waals surface area contributed by atoms with E-state index in [-0.39, 0.29) is 10.8 Å². The van der Waals surface area contributed by atoms with Crippen LogP contribution in [0.3, 0.4) is 0 Å². The van der Waals surface area contributed by atoms with E-state index >= 15 is 0 Å². The number of rotatable bonds is 5. The van der Waals surface area contributed by atoms with Gasteiger partial charge in [0.15, 0.2) is 0 Å². The van der Waals surface area contributed by atoms with Crippen LogP contribution in [0.15, 0.2) is 120 Å². The Labute approximate surface area is 294 Å². The molecule has 0 radical (unpaired) electrons. The van der Waals surface area contributed by atoms with Crippen molar-refractivity contribution in [2.24, 2.45) is 5.92 Å². The van der Waals surface area contributed by atoms with Gasteiger partial charge in [-0.3, -0.25) is 6.08 Å². The van der Waals surface area contributed by atoms with Gasteiger partial charge in [-0.15, -0.1) is 39.7 Å². The van der Waals surface area contributed by atoms with Crippen molar-refractivity contribution in [2.75, 3.05) is 0 Å². The molecule has 0 saturated carbocycles. The van der Waals surface area contributed by atoms with E-state index in [4.69, 9.17) is 0 Å². The average molecular weight is 684 g/mol. The molecular weight excluding hydrogens is 632 g/mol. The molecule has 1 heteroatoms. The predicted molar refractivity (Wildman–Crippen MR) is 200 cm³/mol. The minimum atomic E-state index is 0.203. The molecule has 46 heavy (non-hydrogen) atoms. The van der Waals surface area contributed by atoms with Crippen molar-refractivity contribution in [1.29, 1.82) is 0 Å². The summed E-state index contributed by atoms with van der Waals surface area (Å²) in [5.41, 5.74) is 8.86. The van der Waals surface area contributed by atoms with Crippen molar-refractivity contribution in [2.45, 2.75) is 92.4 Å². The predicted octanol–water partition coefficient (Wildman–Crippen LogP) is 12.6. The van der Waals surface area contributed by atoms with E-state index in [0.717, 1.165) is 6.42 Å². The first-order chi connectivity index (χ1) is 21.8. The Morgan fingerprint density at radius 2 is 1.11 bits per heavy atom. The molecule has 1 aliphatic rings. The zero-order valence-electron chi connectivity index (χ0n) is 29.6. The first-order valence-electron chi connectivity index (χ1n) is 17.0. The zero-order valence-corrected chi connectivity index (χ0v) is 32.0. The molecule has 1 aliphatic carbocycles. The number of hydrogen-bond acceptors (Lipinski definition) is 0. The van der Waals surface area contributed by atoms with E-state index in [1.54, 1.807) is 0 Å². The van der Waals surface area contributed by atoms with Gasteiger partial charge in [-0.2, -0.15) is 11.6 Å². The molecule has 0 nitrogen and oxygen atoms in total. The monoisotopic (exact) mass is 682 g/mol. The second-order valence-corrected chi connectivity index (χ2v) is 15.6. The van der Waals surface area contributed by atoms with Crippen LogP contribution < -0.4 is 0 Å². The Hall–Kier alpha value is -3.02. The van der Waals surface area contributed by atoms with Gasteiger partial charge in [0.05, 0.1) is 0 Å². The van der Waals surface area contributed by atoms with Crippen LogP contribution in [0.25, 0.3) is 21.5 Å². The van der Waals surface area contributed by atoms with Gasteiger partial charge in [0.2, 0.25) is 0 Å². The molecule has 0 fully saturated rings. The molecular formula is C45H52Zr. The van der Waals surface area contributed by atoms with Crippen molar-refractivity contribution in [3.8, 4) is 0 Å². The standard InChI is InChI=1S/C21H25.C13H10.C11H17.Zr/c1-20(2,3)16-7-9-18-14(12-16)11-15-13-17(21(4,5)6)8-10-19(15)18;1-3-7-12(8-4-1)11-13-9-5-2-6-10-13;1-4-9-7-10(5-2)11(6-3)8-9;/h7-13H,1-6H3;1-10H;7,9H,4-6H2,1-3H3;/q-1;;-1;+2. The summed E-state index contributed by atoms with van der Waals surface area (Å²) in [5, 5.41) is 5.48. The Morgan fingerprint density at radius 3 is 1.46 bits per heavy atom. The summed E-state index contributed by atoms with van der Waals surface area (Å²) in [4.78, 5) is 0. The van der Waals surface area contributed by atoms with Gasteiger partial charge < -0.3 is 0 Å². The van der Waals surface area contributed by atoms with Gasteiger partial charge in [0.1, 0.15) is 0 Å². The zero-order chi connectivity index (χ0) is 33.5. The fourth-order valence-electron chi connectivity index (χ4n) is 5.91. The fourth-order valence-corrected chi connectivity index (χ4v) is 6.73. The Balaban J connectivity index is 0.000000167. The summed E-state index contributed by atoms with van der Waals surface area (Å²) in [7, 11) is 0. The third-order valence-electron chi connectivity index (χ3n) is 8.89. The van der Waals surface area contributed by atoms with E-state index in [9.17, 15) is 0 Å². The second kappa shape index (κ2) is 15.7. The van der Waals surface area contributed by atoms with Crippen molar-refractivity contribution in [3.05, 3.63) is 149 Å². The molecule has 236 valence electrons. The molecule has 0 spiro atoms. The van der Waals surface area contributed by atoms with Crippen LogP contribution in [0, 0.1) is 12.0 Å². The second-order valence-electron chi connectivity index (χ2n) is 14.4. The summed E-state index contributed by atoms with van der Waals surface area (Å²) in [6, 6.07) is 37.3. The SMILES string of the molecule is CC(C)(C)c1ccc2c(c1)[cH-]c1cc(C(C)(C)C)ccc12.CCC1=[C-]C(CC)C=C1CC.[Zr+2]=[C](c1ccccc1)c1ccccc1. The van der Waals surface area contributed by atoms with E-state index in [0.29, 0.717) is 5.92 Å². The van der Waals surface area contributed by atoms with Gasteiger partial charge >= 0.3 is 99.2 Å². The molecule has 0 aliphatic heterocycles. The van der Waals surface area contributed by atoms with Crippen LogP contribution in [-0.2, 0) is 35.1 Å². The number of hydrogen-bond donors (Lipinski definition) is 0. The molecule has 5 aromatic carbocycles. The van der Waals surface area contributed by atoms with Crippen molar-refractivity contribution >= 4 is 24.8 Å². The number of benzene rings is 4. The molecule has 5 aromatic rings. The van der Waals surface area contributed by atoms with Crippen LogP contribution in [0.5, 0.6) is 0 Å². The molecule has 0 heterocycles. The first kappa shape index (κ1) is 35.8. The van der Waals surface area contributed by atoms with Gasteiger partial charge in [0, 0.05) is 0 Å². The number of allylic oxidation sites excluding steroid dienone is 4. The normalized spacial score (nSPS) is 14.6. The van der Waals surface area contributed by atoms with Crippen LogP contribution in [-0.4, -0.2) is 3.21 Å². The summed E-state index contributed by atoms with van der Waals surface area (Å²) >= 11 is 1.46. The van der Waals surface area contributed by atoms with Crippen molar-refractivity contribution < 1.29 is 24.2 Å². The Bertz CT molecular complexity index is 1670. The summed E-state index contributed by atoms with van der Waals surface area (Å²) in [6.45, 7) is 20.3. The first-order valence-corrected chi connectivity index (χ1v) is 18.3. The van der Waals surface area contributed by atoms with Crippen molar-refractivity contribution in [1.82, 2.24) is 0 Å². The summed E-state index contributed by atoms with van der Waals surface area (Å²) < 4.78 is 1.42. The molecule has 1 unspecified atom stereocenters. The van der Waals surface area contributed by atoms with Crippen molar-refractivity contribution in [3.63, 3.8) is 0 Å². The molecule has 6 rings (SSSR count). The topological polar surface area (TPSA) is 0 Å². The maximum atomic E-state index is 3.52. The third kappa shape index (κ3) is 9.07. The maximum absolute atomic E-state index is 3.52. The molecule has 1 atom stereocenters. The van der Waals surface area contributed by atoms with Crippen LogP contribution in [0.2, 0.25) is 0 Å². The molecule has 0 amide bonds. The summed E-state index contributed by atoms with van der Waals surface area (Å²) in [5.74, 6) is 0.611. The Morgan fingerprint density at radius 1 is 0.652 bits per heavy atom. The quantitative estimate of drug-likeness (QED) is 0.162. The molecule has 0 bridgehead atoms. The van der Waals surface area contributed by atoms with Crippen LogP contribution >= 0.6 is 0 Å². The van der Waals surface area contributed by atoms with Gasteiger partial charge in [-0.05, 0) is 10.8 Å². The van der Waals surface area contributed by atoms with Gasteiger partial charge in [-0.25, -0.2) is 5.57 Å². The van der Waals surface area contributed by atoms with E-state index < -0.39 is 0 Å². The summed E-state index contributed by atoms with van der Waals surface area (Å²) in [6.07, 6.45) is 9.41. The minimum absolute atomic E-state index is 0.203. The van der Waals surface area contributed by atoms with E-state index in [1.165, 1.54) is 95.2 Å². The molecule has 0 aromatic heterocycles. The molecule has 0 N–H and O–H groups in total. The van der Waals surface area contributed by atoms with Gasteiger partial charge in [-0.1, -0.05) is 123 Å². The number of fused-ring (bicyclic) bond motifs is 3. The van der Waals surface area contributed by atoms with Gasteiger partial charge in [0.25, 0.3) is 0 Å². The third-order valence-corrected chi connectivity index (χ3v) is 10.3. The van der Waals surface area contributed by atoms with E-state index in [1.807, 2.05) is 0 Å². The van der Waals surface area contributed by atoms with Crippen LogP contribution in [0.4, 0.5) is 0 Å². The Kier molecular flexibility index (Phi) is 12.2. The molecule has 0 saturated heterocycles.